The molecule has 4 aromatic rings. The maximum atomic E-state index is 13.2. The van der Waals surface area contributed by atoms with Crippen LogP contribution in [0.3, 0.4) is 0 Å². The van der Waals surface area contributed by atoms with Gasteiger partial charge in [0.1, 0.15) is 10.6 Å². The number of hydrogen-bond donors (Lipinski definition) is 1. The number of piperazine rings is 1. The summed E-state index contributed by atoms with van der Waals surface area (Å²) in [6.07, 6.45) is 3.38. The minimum Gasteiger partial charge on any atom is -0.354 e. The number of aryl methyl sites for hydroxylation is 2. The predicted molar refractivity (Wildman–Crippen MR) is 141 cm³/mol. The summed E-state index contributed by atoms with van der Waals surface area (Å²) in [7, 11) is 2.12. The van der Waals surface area contributed by atoms with Gasteiger partial charge in [-0.25, -0.2) is 9.97 Å². The highest BCUT2D eigenvalue weighted by atomic mass is 32.1. The second kappa shape index (κ2) is 9.97. The Morgan fingerprint density at radius 1 is 1.06 bits per heavy atom. The number of carbonyl (C=O) groups is 1. The van der Waals surface area contributed by atoms with E-state index < -0.39 is 0 Å². The van der Waals surface area contributed by atoms with Gasteiger partial charge >= 0.3 is 0 Å². The fourth-order valence-corrected chi connectivity index (χ4v) is 5.11. The largest absolute Gasteiger partial charge is 0.354 e. The maximum absolute atomic E-state index is 13.2. The number of aromatic nitrogens is 3. The fraction of sp³-hybridized carbons (Fsp3) is 0.308. The number of nitrogens with zero attached hydrogens (tertiary/aromatic N) is 5. The molecule has 0 bridgehead atoms. The average Bonchev–Trinajstić information content (AvgIpc) is 3.30. The average molecular weight is 489 g/mol. The highest BCUT2D eigenvalue weighted by Gasteiger charge is 2.16. The molecule has 0 saturated carbocycles. The SMILES string of the molecule is Cc1ccc(-c2csc3ncn(CCC(=O)Nc4ccc(N5CCN(C)CC5)nc4)c(=O)c23)cc1. The van der Waals surface area contributed by atoms with Gasteiger partial charge < -0.3 is 15.1 Å². The van der Waals surface area contributed by atoms with E-state index in [1.54, 1.807) is 6.20 Å². The molecule has 180 valence electrons. The number of likely N-dealkylation sites (N-methyl/N-ethyl adjacent to an activating group) is 1. The summed E-state index contributed by atoms with van der Waals surface area (Å²) in [4.78, 5) is 40.0. The molecule has 9 heteroatoms. The van der Waals surface area contributed by atoms with Crippen LogP contribution in [-0.4, -0.2) is 58.6 Å². The van der Waals surface area contributed by atoms with E-state index in [9.17, 15) is 9.59 Å². The Morgan fingerprint density at radius 3 is 2.54 bits per heavy atom. The van der Waals surface area contributed by atoms with Crippen molar-refractivity contribution in [2.24, 2.45) is 0 Å². The number of thiophene rings is 1. The van der Waals surface area contributed by atoms with E-state index in [0.717, 1.165) is 43.1 Å². The summed E-state index contributed by atoms with van der Waals surface area (Å²) >= 11 is 1.46. The molecule has 4 heterocycles. The molecule has 5 rings (SSSR count). The van der Waals surface area contributed by atoms with Crippen molar-refractivity contribution in [1.82, 2.24) is 19.4 Å². The molecule has 1 fully saturated rings. The number of amides is 1. The molecular formula is C26H28N6O2S. The molecule has 0 spiro atoms. The first-order valence-corrected chi connectivity index (χ1v) is 12.6. The molecule has 8 nitrogen and oxygen atoms in total. The molecule has 1 aliphatic rings. The van der Waals surface area contributed by atoms with Crippen LogP contribution in [0.15, 0.2) is 59.1 Å². The second-order valence-electron chi connectivity index (χ2n) is 8.93. The van der Waals surface area contributed by atoms with Crippen molar-refractivity contribution in [3.63, 3.8) is 0 Å². The van der Waals surface area contributed by atoms with E-state index >= 15 is 0 Å². The summed E-state index contributed by atoms with van der Waals surface area (Å²) in [5.41, 5.74) is 3.56. The lowest BCUT2D eigenvalue weighted by molar-refractivity contribution is -0.116. The normalized spacial score (nSPS) is 14.4. The quantitative estimate of drug-likeness (QED) is 0.447. The molecule has 0 radical (unpaired) electrons. The number of pyridine rings is 1. The smallest absolute Gasteiger partial charge is 0.262 e. The highest BCUT2D eigenvalue weighted by molar-refractivity contribution is 7.17. The molecule has 1 amide bonds. The van der Waals surface area contributed by atoms with E-state index in [-0.39, 0.29) is 24.4 Å². The number of hydrogen-bond acceptors (Lipinski definition) is 7. The van der Waals surface area contributed by atoms with Crippen molar-refractivity contribution >= 4 is 39.0 Å². The van der Waals surface area contributed by atoms with Crippen LogP contribution in [0, 0.1) is 6.92 Å². The van der Waals surface area contributed by atoms with Crippen LogP contribution >= 0.6 is 11.3 Å². The third-order valence-corrected chi connectivity index (χ3v) is 7.25. The van der Waals surface area contributed by atoms with Crippen LogP contribution < -0.4 is 15.8 Å². The first-order chi connectivity index (χ1) is 17.0. The third kappa shape index (κ3) is 5.11. The molecule has 1 aromatic carbocycles. The summed E-state index contributed by atoms with van der Waals surface area (Å²) in [5, 5.41) is 5.46. The molecule has 0 unspecified atom stereocenters. The van der Waals surface area contributed by atoms with Crippen molar-refractivity contribution in [3.05, 3.63) is 70.2 Å². The van der Waals surface area contributed by atoms with Crippen LogP contribution in [0.25, 0.3) is 21.3 Å². The zero-order chi connectivity index (χ0) is 24.4. The first-order valence-electron chi connectivity index (χ1n) is 11.7. The Balaban J connectivity index is 1.24. The van der Waals surface area contributed by atoms with Gasteiger partial charge in [0.2, 0.25) is 5.91 Å². The second-order valence-corrected chi connectivity index (χ2v) is 9.79. The number of fused-ring (bicyclic) bond motifs is 1. The summed E-state index contributed by atoms with van der Waals surface area (Å²) < 4.78 is 1.51. The van der Waals surface area contributed by atoms with Gasteiger partial charge in [0.05, 0.1) is 23.6 Å². The Bertz CT molecular complexity index is 1390. The lowest BCUT2D eigenvalue weighted by atomic mass is 10.1. The molecule has 0 atom stereocenters. The van der Waals surface area contributed by atoms with E-state index in [4.69, 9.17) is 0 Å². The minimum absolute atomic E-state index is 0.127. The van der Waals surface area contributed by atoms with Crippen molar-refractivity contribution in [2.75, 3.05) is 43.4 Å². The molecule has 1 aliphatic heterocycles. The molecule has 1 saturated heterocycles. The van der Waals surface area contributed by atoms with Crippen molar-refractivity contribution < 1.29 is 4.79 Å². The van der Waals surface area contributed by atoms with Crippen LogP contribution in [-0.2, 0) is 11.3 Å². The van der Waals surface area contributed by atoms with Gasteiger partial charge in [-0.15, -0.1) is 11.3 Å². The van der Waals surface area contributed by atoms with Crippen molar-refractivity contribution in [2.45, 2.75) is 19.9 Å². The Labute approximate surface area is 207 Å². The molecular weight excluding hydrogens is 460 g/mol. The van der Waals surface area contributed by atoms with E-state index in [1.165, 1.54) is 27.8 Å². The van der Waals surface area contributed by atoms with Crippen LogP contribution in [0.1, 0.15) is 12.0 Å². The number of nitrogens with one attached hydrogen (secondary N) is 1. The summed E-state index contributed by atoms with van der Waals surface area (Å²) in [6.45, 7) is 6.20. The molecule has 3 aromatic heterocycles. The molecule has 0 aliphatic carbocycles. The standard InChI is InChI=1S/C26H28N6O2S/c1-18-3-5-19(6-4-18)21-16-35-25-24(21)26(34)32(17-28-25)10-9-23(33)29-20-7-8-22(27-15-20)31-13-11-30(2)12-14-31/h3-8,15-17H,9-14H2,1-2H3,(H,29,33). The van der Waals surface area contributed by atoms with Crippen LogP contribution in [0.2, 0.25) is 0 Å². The predicted octanol–water partition coefficient (Wildman–Crippen LogP) is 3.61. The third-order valence-electron chi connectivity index (χ3n) is 6.36. The van der Waals surface area contributed by atoms with E-state index in [1.807, 2.05) is 48.7 Å². The Hall–Kier alpha value is -3.56. The number of carbonyl (C=O) groups excluding carboxylic acids is 1. The van der Waals surface area contributed by atoms with Crippen molar-refractivity contribution in [1.29, 1.82) is 0 Å². The zero-order valence-corrected chi connectivity index (χ0v) is 20.7. The number of anilines is 2. The highest BCUT2D eigenvalue weighted by Crippen LogP contribution is 2.30. The van der Waals surface area contributed by atoms with Crippen molar-refractivity contribution in [3.8, 4) is 11.1 Å². The monoisotopic (exact) mass is 488 g/mol. The van der Waals surface area contributed by atoms with Gasteiger partial charge in [-0.3, -0.25) is 14.2 Å². The zero-order valence-electron chi connectivity index (χ0n) is 19.9. The Morgan fingerprint density at radius 2 is 1.83 bits per heavy atom. The topological polar surface area (TPSA) is 83.4 Å². The van der Waals surface area contributed by atoms with Gasteiger partial charge in [-0.1, -0.05) is 29.8 Å². The Kier molecular flexibility index (Phi) is 6.61. The van der Waals surface area contributed by atoms with Gasteiger partial charge in [0, 0.05) is 50.1 Å². The first kappa shape index (κ1) is 23.2. The van der Waals surface area contributed by atoms with Crippen LogP contribution in [0.5, 0.6) is 0 Å². The lowest BCUT2D eigenvalue weighted by Crippen LogP contribution is -2.44. The van der Waals surface area contributed by atoms with Gasteiger partial charge in [-0.05, 0) is 31.7 Å². The fourth-order valence-electron chi connectivity index (χ4n) is 4.20. The van der Waals surface area contributed by atoms with Gasteiger partial charge in [0.15, 0.2) is 0 Å². The summed E-state index contributed by atoms with van der Waals surface area (Å²) in [6, 6.07) is 11.9. The van der Waals surface area contributed by atoms with E-state index in [0.29, 0.717) is 15.9 Å². The number of rotatable bonds is 6. The van der Waals surface area contributed by atoms with Crippen LogP contribution in [0.4, 0.5) is 11.5 Å². The lowest BCUT2D eigenvalue weighted by Gasteiger charge is -2.33. The minimum atomic E-state index is -0.171. The van der Waals surface area contributed by atoms with Gasteiger partial charge in [0.25, 0.3) is 5.56 Å². The molecule has 35 heavy (non-hydrogen) atoms. The van der Waals surface area contributed by atoms with E-state index in [2.05, 4.69) is 32.1 Å². The maximum Gasteiger partial charge on any atom is 0.262 e. The molecule has 1 N–H and O–H groups in total. The van der Waals surface area contributed by atoms with Gasteiger partial charge in [-0.2, -0.15) is 0 Å². The summed E-state index contributed by atoms with van der Waals surface area (Å²) in [5.74, 6) is 0.748. The number of benzene rings is 1.